The first-order chi connectivity index (χ1) is 8.62. The van der Waals surface area contributed by atoms with Gasteiger partial charge in [-0.1, -0.05) is 0 Å². The summed E-state index contributed by atoms with van der Waals surface area (Å²) in [6, 6.07) is -0.658. The number of hydrogen-bond donors (Lipinski definition) is 2. The van der Waals surface area contributed by atoms with Gasteiger partial charge in [0, 0.05) is 6.04 Å². The van der Waals surface area contributed by atoms with Gasteiger partial charge in [0.1, 0.15) is 0 Å². The summed E-state index contributed by atoms with van der Waals surface area (Å²) in [5, 5.41) is 4.80. The van der Waals surface area contributed by atoms with Crippen molar-refractivity contribution >= 4 is 5.91 Å². The third kappa shape index (κ3) is 4.88. The smallest absolute Gasteiger partial charge is 0.352 e. The molecule has 1 fully saturated rings. The fourth-order valence-corrected chi connectivity index (χ4v) is 1.93. The van der Waals surface area contributed by atoms with Crippen LogP contribution < -0.4 is 10.6 Å². The minimum atomic E-state index is -5.63. The first-order valence-corrected chi connectivity index (χ1v) is 5.77. The maximum Gasteiger partial charge on any atom is 0.409 e. The molecule has 19 heavy (non-hydrogen) atoms. The summed E-state index contributed by atoms with van der Waals surface area (Å²) in [6.45, 7) is 1.09. The van der Waals surface area contributed by atoms with Crippen molar-refractivity contribution in [1.29, 1.82) is 0 Å². The number of carbonyl (C=O) groups excluding carboxylic acids is 1. The van der Waals surface area contributed by atoms with E-state index in [1.807, 2.05) is 5.32 Å². The van der Waals surface area contributed by atoms with Crippen LogP contribution >= 0.6 is 0 Å². The largest absolute Gasteiger partial charge is 0.409 e. The average molecular weight is 292 g/mol. The van der Waals surface area contributed by atoms with Gasteiger partial charge in [-0.3, -0.25) is 4.79 Å². The summed E-state index contributed by atoms with van der Waals surface area (Å²) in [5.41, 5.74) is 0. The van der Waals surface area contributed by atoms with Gasteiger partial charge in [-0.25, -0.2) is 0 Å². The molecule has 0 spiro atoms. The van der Waals surface area contributed by atoms with E-state index in [1.165, 1.54) is 0 Å². The number of nitrogens with one attached hydrogen (secondary N) is 2. The summed E-state index contributed by atoms with van der Waals surface area (Å²) < 4.78 is 73.8. The summed E-state index contributed by atoms with van der Waals surface area (Å²) in [4.78, 5) is 11.2. The predicted molar refractivity (Wildman–Crippen MR) is 54.3 cm³/mol. The molecule has 1 aliphatic rings. The number of amides is 1. The first kappa shape index (κ1) is 16.1. The topological polar surface area (TPSA) is 41.1 Å². The second-order valence-electron chi connectivity index (χ2n) is 4.40. The highest BCUT2D eigenvalue weighted by atomic mass is 19.4. The van der Waals surface area contributed by atoms with Crippen molar-refractivity contribution < 1.29 is 31.1 Å². The van der Waals surface area contributed by atoms with Crippen molar-refractivity contribution in [2.45, 2.75) is 37.7 Å². The molecule has 0 radical (unpaired) electrons. The lowest BCUT2D eigenvalue weighted by atomic mass is 10.0. The molecular weight excluding hydrogens is 278 g/mol. The average Bonchev–Trinajstić information content (AvgIpc) is 2.40. The molecule has 0 aromatic rings. The highest BCUT2D eigenvalue weighted by Crippen LogP contribution is 2.39. The zero-order valence-corrected chi connectivity index (χ0v) is 9.87. The van der Waals surface area contributed by atoms with Gasteiger partial charge in [0.25, 0.3) is 0 Å². The molecule has 0 aliphatic carbocycles. The highest BCUT2D eigenvalue weighted by Gasteiger charge is 2.61. The third-order valence-electron chi connectivity index (χ3n) is 2.84. The van der Waals surface area contributed by atoms with Crippen LogP contribution in [-0.4, -0.2) is 37.4 Å². The monoisotopic (exact) mass is 292 g/mol. The Hall–Kier alpha value is -0.990. The molecular formula is C10H14F6N2O. The Morgan fingerprint density at radius 3 is 2.16 bits per heavy atom. The van der Waals surface area contributed by atoms with Crippen LogP contribution in [0.4, 0.5) is 26.3 Å². The van der Waals surface area contributed by atoms with Gasteiger partial charge >= 0.3 is 12.4 Å². The van der Waals surface area contributed by atoms with Gasteiger partial charge in [-0.05, 0) is 32.4 Å². The number of hydrogen-bond acceptors (Lipinski definition) is 2. The molecule has 0 bridgehead atoms. The third-order valence-corrected chi connectivity index (χ3v) is 2.84. The van der Waals surface area contributed by atoms with Gasteiger partial charge in [0.15, 0.2) is 0 Å². The Kier molecular flexibility index (Phi) is 5.05. The van der Waals surface area contributed by atoms with Crippen molar-refractivity contribution in [3.63, 3.8) is 0 Å². The summed E-state index contributed by atoms with van der Waals surface area (Å²) in [6.07, 6.45) is -10.0. The molecule has 1 unspecified atom stereocenters. The molecule has 0 aromatic heterocycles. The molecule has 1 amide bonds. The van der Waals surface area contributed by atoms with Crippen molar-refractivity contribution in [2.24, 2.45) is 5.92 Å². The minimum absolute atomic E-state index is 0.314. The second kappa shape index (κ2) is 5.98. The van der Waals surface area contributed by atoms with Crippen LogP contribution in [0.1, 0.15) is 19.3 Å². The van der Waals surface area contributed by atoms with E-state index in [0.29, 0.717) is 32.4 Å². The second-order valence-corrected chi connectivity index (χ2v) is 4.40. The molecule has 2 N–H and O–H groups in total. The molecule has 1 rings (SSSR count). The number of halogens is 6. The van der Waals surface area contributed by atoms with Crippen LogP contribution in [-0.2, 0) is 4.79 Å². The van der Waals surface area contributed by atoms with E-state index in [9.17, 15) is 31.1 Å². The van der Waals surface area contributed by atoms with E-state index in [0.717, 1.165) is 0 Å². The van der Waals surface area contributed by atoms with Crippen LogP contribution in [0.25, 0.3) is 0 Å². The highest BCUT2D eigenvalue weighted by molar-refractivity contribution is 5.80. The molecule has 1 atom stereocenters. The summed E-state index contributed by atoms with van der Waals surface area (Å²) in [5.74, 6) is -5.98. The lowest BCUT2D eigenvalue weighted by molar-refractivity contribution is -0.274. The first-order valence-electron chi connectivity index (χ1n) is 5.77. The Balaban J connectivity index is 2.72. The van der Waals surface area contributed by atoms with Crippen LogP contribution in [0.3, 0.4) is 0 Å². The van der Waals surface area contributed by atoms with Crippen LogP contribution in [0.15, 0.2) is 0 Å². The number of carbonyl (C=O) groups is 1. The fourth-order valence-electron chi connectivity index (χ4n) is 1.93. The molecule has 1 heterocycles. The number of alkyl halides is 6. The van der Waals surface area contributed by atoms with E-state index < -0.39 is 30.2 Å². The van der Waals surface area contributed by atoms with E-state index in [2.05, 4.69) is 5.32 Å². The molecule has 0 aromatic carbocycles. The van der Waals surface area contributed by atoms with Gasteiger partial charge < -0.3 is 10.6 Å². The van der Waals surface area contributed by atoms with Crippen LogP contribution in [0.2, 0.25) is 0 Å². The van der Waals surface area contributed by atoms with E-state index in [-0.39, 0.29) is 0 Å². The van der Waals surface area contributed by atoms with Crippen molar-refractivity contribution in [2.75, 3.05) is 13.1 Å². The van der Waals surface area contributed by atoms with Crippen molar-refractivity contribution in [1.82, 2.24) is 10.6 Å². The zero-order chi connectivity index (χ0) is 14.7. The van der Waals surface area contributed by atoms with Gasteiger partial charge in [0.05, 0.1) is 0 Å². The number of rotatable bonds is 2. The molecule has 0 saturated carbocycles. The van der Waals surface area contributed by atoms with Gasteiger partial charge in [-0.15, -0.1) is 0 Å². The van der Waals surface area contributed by atoms with Crippen molar-refractivity contribution in [3.8, 4) is 0 Å². The Morgan fingerprint density at radius 2 is 1.63 bits per heavy atom. The van der Waals surface area contributed by atoms with E-state index >= 15 is 0 Å². The van der Waals surface area contributed by atoms with E-state index in [4.69, 9.17) is 0 Å². The lowest BCUT2D eigenvalue weighted by Gasteiger charge is -2.24. The molecule has 1 aliphatic heterocycles. The fraction of sp³-hybridized carbons (Fsp3) is 0.900. The lowest BCUT2D eigenvalue weighted by Crippen LogP contribution is -2.50. The van der Waals surface area contributed by atoms with Gasteiger partial charge in [-0.2, -0.15) is 26.3 Å². The van der Waals surface area contributed by atoms with Crippen molar-refractivity contribution in [3.05, 3.63) is 0 Å². The predicted octanol–water partition coefficient (Wildman–Crippen LogP) is 1.99. The van der Waals surface area contributed by atoms with Crippen LogP contribution in [0.5, 0.6) is 0 Å². The summed E-state index contributed by atoms with van der Waals surface area (Å²) >= 11 is 0. The van der Waals surface area contributed by atoms with Crippen LogP contribution in [0, 0.1) is 5.92 Å². The Morgan fingerprint density at radius 1 is 1.05 bits per heavy atom. The quantitative estimate of drug-likeness (QED) is 0.764. The maximum atomic E-state index is 12.3. The maximum absolute atomic E-state index is 12.3. The van der Waals surface area contributed by atoms with E-state index in [1.54, 1.807) is 0 Å². The standard InChI is InChI=1S/C10H14F6N2O/c11-9(12,13)7(10(14,15)16)8(19)18-6-2-1-4-17-5-3-6/h6-7,17H,1-5H2,(H,18,19). The molecule has 3 nitrogen and oxygen atoms in total. The Bertz CT molecular complexity index is 292. The Labute approximate surface area is 105 Å². The molecule has 1 saturated heterocycles. The molecule has 112 valence electrons. The SMILES string of the molecule is O=C(NC1CCCNCC1)C(C(F)(F)F)C(F)(F)F. The minimum Gasteiger partial charge on any atom is -0.352 e. The molecule has 9 heteroatoms. The normalized spacial score (nSPS) is 22.2. The summed E-state index contributed by atoms with van der Waals surface area (Å²) in [7, 11) is 0. The zero-order valence-electron chi connectivity index (χ0n) is 9.87. The van der Waals surface area contributed by atoms with Gasteiger partial charge in [0.2, 0.25) is 11.8 Å².